The van der Waals surface area contributed by atoms with Crippen molar-refractivity contribution in [3.8, 4) is 0 Å². The fourth-order valence-electron chi connectivity index (χ4n) is 1.52. The fraction of sp³-hybridized carbons (Fsp3) is 0.333. The third-order valence-electron chi connectivity index (χ3n) is 2.24. The molecule has 0 bridgehead atoms. The molecule has 0 aliphatic rings. The molecule has 2 rings (SSSR count). The van der Waals surface area contributed by atoms with Crippen molar-refractivity contribution >= 4 is 0 Å². The highest BCUT2D eigenvalue weighted by Gasteiger charge is 2.00. The third-order valence-corrected chi connectivity index (χ3v) is 2.24. The number of aryl methyl sites for hydroxylation is 2. The van der Waals surface area contributed by atoms with Crippen LogP contribution in [0.2, 0.25) is 0 Å². The Morgan fingerprint density at radius 2 is 2.00 bits per heavy atom. The van der Waals surface area contributed by atoms with Crippen molar-refractivity contribution < 1.29 is 4.52 Å². The Balaban J connectivity index is 1.84. The summed E-state index contributed by atoms with van der Waals surface area (Å²) in [6, 6.07) is 7.94. The molecule has 0 aromatic carbocycles. The van der Waals surface area contributed by atoms with Gasteiger partial charge >= 0.3 is 0 Å². The van der Waals surface area contributed by atoms with Crippen LogP contribution in [0.4, 0.5) is 0 Å². The topological polar surface area (TPSA) is 51.0 Å². The molecule has 0 aliphatic carbocycles. The average Bonchev–Trinajstić information content (AvgIpc) is 2.64. The number of rotatable bonds is 4. The molecule has 0 fully saturated rings. The van der Waals surface area contributed by atoms with Crippen molar-refractivity contribution in [1.82, 2.24) is 15.5 Å². The molecular weight excluding hydrogens is 202 g/mol. The molecule has 2 aromatic heterocycles. The minimum Gasteiger partial charge on any atom is -0.361 e. The highest BCUT2D eigenvalue weighted by molar-refractivity contribution is 5.10. The van der Waals surface area contributed by atoms with Crippen LogP contribution in [0.5, 0.6) is 0 Å². The second-order valence-electron chi connectivity index (χ2n) is 3.80. The van der Waals surface area contributed by atoms with E-state index in [1.54, 1.807) is 0 Å². The van der Waals surface area contributed by atoms with Gasteiger partial charge in [0, 0.05) is 24.8 Å². The van der Waals surface area contributed by atoms with Crippen molar-refractivity contribution in [3.05, 3.63) is 47.1 Å². The summed E-state index contributed by atoms with van der Waals surface area (Å²) in [5.74, 6) is 0.838. The lowest BCUT2D eigenvalue weighted by atomic mass is 10.3. The molecule has 0 saturated heterocycles. The van der Waals surface area contributed by atoms with Gasteiger partial charge in [-0.2, -0.15) is 0 Å². The van der Waals surface area contributed by atoms with E-state index in [0.29, 0.717) is 6.54 Å². The predicted octanol–water partition coefficient (Wildman–Crippen LogP) is 1.98. The van der Waals surface area contributed by atoms with E-state index in [-0.39, 0.29) is 0 Å². The molecule has 0 radical (unpaired) electrons. The van der Waals surface area contributed by atoms with Gasteiger partial charge in [-0.25, -0.2) is 0 Å². The maximum atomic E-state index is 4.98. The van der Waals surface area contributed by atoms with Crippen LogP contribution in [0.15, 0.2) is 28.8 Å². The molecule has 4 heteroatoms. The third kappa shape index (κ3) is 2.90. The molecule has 16 heavy (non-hydrogen) atoms. The quantitative estimate of drug-likeness (QED) is 0.850. The monoisotopic (exact) mass is 217 g/mol. The minimum atomic E-state index is 0.701. The summed E-state index contributed by atoms with van der Waals surface area (Å²) < 4.78 is 4.98. The Bertz CT molecular complexity index is 465. The molecule has 84 valence electrons. The van der Waals surface area contributed by atoms with Crippen LogP contribution >= 0.6 is 0 Å². The van der Waals surface area contributed by atoms with Crippen molar-refractivity contribution in [2.24, 2.45) is 0 Å². The lowest BCUT2D eigenvalue weighted by molar-refractivity contribution is 0.388. The first-order chi connectivity index (χ1) is 7.74. The molecule has 0 aliphatic heterocycles. The van der Waals surface area contributed by atoms with Crippen LogP contribution in [0.1, 0.15) is 22.8 Å². The average molecular weight is 217 g/mol. The lowest BCUT2D eigenvalue weighted by Gasteiger charge is -2.02. The van der Waals surface area contributed by atoms with Crippen LogP contribution in [0, 0.1) is 13.8 Å². The van der Waals surface area contributed by atoms with Gasteiger partial charge in [0.2, 0.25) is 0 Å². The van der Waals surface area contributed by atoms with E-state index in [1.807, 2.05) is 38.1 Å². The van der Waals surface area contributed by atoms with Gasteiger partial charge in [0.05, 0.1) is 11.4 Å². The minimum absolute atomic E-state index is 0.701. The summed E-state index contributed by atoms with van der Waals surface area (Å²) >= 11 is 0. The number of aromatic nitrogens is 2. The largest absolute Gasteiger partial charge is 0.361 e. The fourth-order valence-corrected chi connectivity index (χ4v) is 1.52. The predicted molar refractivity (Wildman–Crippen MR) is 60.8 cm³/mol. The van der Waals surface area contributed by atoms with Crippen LogP contribution in [0.25, 0.3) is 0 Å². The van der Waals surface area contributed by atoms with E-state index in [4.69, 9.17) is 4.52 Å². The van der Waals surface area contributed by atoms with Gasteiger partial charge in [-0.3, -0.25) is 4.98 Å². The number of hydrogen-bond donors (Lipinski definition) is 1. The number of pyridine rings is 1. The lowest BCUT2D eigenvalue weighted by Crippen LogP contribution is -2.14. The highest BCUT2D eigenvalue weighted by Crippen LogP contribution is 2.02. The number of hydrogen-bond acceptors (Lipinski definition) is 4. The SMILES string of the molecule is Cc1cccc(CNCc2cc(C)on2)n1. The van der Waals surface area contributed by atoms with Crippen molar-refractivity contribution in [2.75, 3.05) is 0 Å². The zero-order chi connectivity index (χ0) is 11.4. The summed E-state index contributed by atoms with van der Waals surface area (Å²) in [5, 5.41) is 7.18. The molecule has 1 N–H and O–H groups in total. The standard InChI is InChI=1S/C12H15N3O/c1-9-4-3-5-11(14-9)7-13-8-12-6-10(2)16-15-12/h3-6,13H,7-8H2,1-2H3. The van der Waals surface area contributed by atoms with E-state index in [2.05, 4.69) is 15.5 Å². The van der Waals surface area contributed by atoms with Gasteiger partial charge in [-0.15, -0.1) is 0 Å². The Kier molecular flexibility index (Phi) is 3.31. The van der Waals surface area contributed by atoms with Gasteiger partial charge in [0.25, 0.3) is 0 Å². The molecule has 4 nitrogen and oxygen atoms in total. The maximum absolute atomic E-state index is 4.98. The summed E-state index contributed by atoms with van der Waals surface area (Å²) in [5.41, 5.74) is 3.00. The van der Waals surface area contributed by atoms with Crippen LogP contribution in [-0.2, 0) is 13.1 Å². The first-order valence-corrected chi connectivity index (χ1v) is 5.29. The van der Waals surface area contributed by atoms with E-state index >= 15 is 0 Å². The Hall–Kier alpha value is -1.68. The van der Waals surface area contributed by atoms with Gasteiger partial charge in [0.1, 0.15) is 5.76 Å². The zero-order valence-electron chi connectivity index (χ0n) is 9.53. The first kappa shape index (κ1) is 10.8. The van der Waals surface area contributed by atoms with E-state index in [0.717, 1.165) is 29.4 Å². The maximum Gasteiger partial charge on any atom is 0.133 e. The normalized spacial score (nSPS) is 10.6. The number of nitrogens with one attached hydrogen (secondary N) is 1. The summed E-state index contributed by atoms with van der Waals surface area (Å²) in [6.07, 6.45) is 0. The molecule has 2 aromatic rings. The second kappa shape index (κ2) is 4.90. The van der Waals surface area contributed by atoms with Gasteiger partial charge in [0.15, 0.2) is 0 Å². The number of nitrogens with zero attached hydrogens (tertiary/aromatic N) is 2. The highest BCUT2D eigenvalue weighted by atomic mass is 16.5. The molecular formula is C12H15N3O. The smallest absolute Gasteiger partial charge is 0.133 e. The van der Waals surface area contributed by atoms with Crippen molar-refractivity contribution in [1.29, 1.82) is 0 Å². The summed E-state index contributed by atoms with van der Waals surface area (Å²) in [7, 11) is 0. The van der Waals surface area contributed by atoms with E-state index in [1.165, 1.54) is 0 Å². The van der Waals surface area contributed by atoms with Crippen LogP contribution in [-0.4, -0.2) is 10.1 Å². The second-order valence-corrected chi connectivity index (χ2v) is 3.80. The molecule has 0 atom stereocenters. The Morgan fingerprint density at radius 1 is 1.19 bits per heavy atom. The van der Waals surface area contributed by atoms with E-state index in [9.17, 15) is 0 Å². The molecule has 0 amide bonds. The Morgan fingerprint density at radius 3 is 2.69 bits per heavy atom. The molecule has 0 spiro atoms. The van der Waals surface area contributed by atoms with Gasteiger partial charge < -0.3 is 9.84 Å². The first-order valence-electron chi connectivity index (χ1n) is 5.29. The van der Waals surface area contributed by atoms with Crippen molar-refractivity contribution in [2.45, 2.75) is 26.9 Å². The van der Waals surface area contributed by atoms with E-state index < -0.39 is 0 Å². The van der Waals surface area contributed by atoms with Gasteiger partial charge in [-0.1, -0.05) is 11.2 Å². The molecule has 0 saturated carbocycles. The van der Waals surface area contributed by atoms with Crippen LogP contribution < -0.4 is 5.32 Å². The van der Waals surface area contributed by atoms with Gasteiger partial charge in [-0.05, 0) is 26.0 Å². The molecule has 2 heterocycles. The summed E-state index contributed by atoms with van der Waals surface area (Å²) in [4.78, 5) is 4.40. The van der Waals surface area contributed by atoms with Crippen molar-refractivity contribution in [3.63, 3.8) is 0 Å². The Labute approximate surface area is 94.7 Å². The zero-order valence-corrected chi connectivity index (χ0v) is 9.53. The summed E-state index contributed by atoms with van der Waals surface area (Å²) in [6.45, 7) is 5.32. The van der Waals surface area contributed by atoms with Crippen LogP contribution in [0.3, 0.4) is 0 Å². The molecule has 0 unspecified atom stereocenters.